The van der Waals surface area contributed by atoms with Gasteiger partial charge in [0.05, 0.1) is 17.9 Å². The monoisotopic (exact) mass is 275 g/mol. The summed E-state index contributed by atoms with van der Waals surface area (Å²) in [7, 11) is 0. The van der Waals surface area contributed by atoms with Crippen LogP contribution in [-0.4, -0.2) is 23.5 Å². The predicted molar refractivity (Wildman–Crippen MR) is 71.3 cm³/mol. The van der Waals surface area contributed by atoms with E-state index in [0.717, 1.165) is 11.0 Å². The van der Waals surface area contributed by atoms with Crippen LogP contribution in [0.4, 0.5) is 10.1 Å². The lowest BCUT2D eigenvalue weighted by molar-refractivity contribution is -0.122. The summed E-state index contributed by atoms with van der Waals surface area (Å²) in [4.78, 5) is 24.6. The maximum Gasteiger partial charge on any atom is 0.237 e. The van der Waals surface area contributed by atoms with E-state index in [1.807, 2.05) is 0 Å². The third-order valence-electron chi connectivity index (χ3n) is 3.04. The Balaban J connectivity index is 2.28. The zero-order valence-corrected chi connectivity index (χ0v) is 11.0. The molecule has 1 atom stereocenters. The van der Waals surface area contributed by atoms with Crippen molar-refractivity contribution in [2.75, 3.05) is 11.5 Å². The van der Waals surface area contributed by atoms with Gasteiger partial charge in [0.1, 0.15) is 5.82 Å². The zero-order valence-electron chi connectivity index (χ0n) is 11.0. The number of carbonyl (C=O) groups is 2. The van der Waals surface area contributed by atoms with Crippen LogP contribution < -0.4 is 4.90 Å². The number of aliphatic hydroxyl groups is 1. The number of nitrogens with zero attached hydrogens (tertiary/aromatic N) is 1. The lowest BCUT2D eigenvalue weighted by Crippen LogP contribution is -2.30. The van der Waals surface area contributed by atoms with Gasteiger partial charge < -0.3 is 5.11 Å². The van der Waals surface area contributed by atoms with Crippen LogP contribution in [0.5, 0.6) is 0 Å². The van der Waals surface area contributed by atoms with Crippen molar-refractivity contribution in [3.05, 3.63) is 29.6 Å². The first-order valence-electron chi connectivity index (χ1n) is 6.30. The lowest BCUT2D eigenvalue weighted by Gasteiger charge is -2.14. The fourth-order valence-corrected chi connectivity index (χ4v) is 2.01. The smallest absolute Gasteiger partial charge is 0.237 e. The van der Waals surface area contributed by atoms with Crippen molar-refractivity contribution in [3.8, 4) is 11.8 Å². The number of amides is 2. The van der Waals surface area contributed by atoms with E-state index < -0.39 is 5.82 Å². The quantitative estimate of drug-likeness (QED) is 0.656. The van der Waals surface area contributed by atoms with Gasteiger partial charge in [-0.2, -0.15) is 0 Å². The maximum absolute atomic E-state index is 13.9. The minimum atomic E-state index is -0.590. The van der Waals surface area contributed by atoms with Gasteiger partial charge in [0.25, 0.3) is 0 Å². The molecule has 0 aliphatic carbocycles. The molecule has 1 aromatic rings. The SMILES string of the molecule is CC1CC(=O)N(c2ccc(C#CCCO)c(F)c2)C1=O. The molecule has 0 bridgehead atoms. The molecule has 0 spiro atoms. The molecule has 20 heavy (non-hydrogen) atoms. The van der Waals surface area contributed by atoms with Gasteiger partial charge >= 0.3 is 0 Å². The lowest BCUT2D eigenvalue weighted by atomic mass is 10.1. The standard InChI is InChI=1S/C15H14FNO3/c1-10-8-14(19)17(15(10)20)12-6-5-11(13(16)9-12)4-2-3-7-18/h5-6,9-10,18H,3,7-8H2,1H3. The average molecular weight is 275 g/mol. The first-order chi connectivity index (χ1) is 9.54. The van der Waals surface area contributed by atoms with Crippen LogP contribution in [-0.2, 0) is 9.59 Å². The first-order valence-corrected chi connectivity index (χ1v) is 6.30. The van der Waals surface area contributed by atoms with E-state index in [0.29, 0.717) is 0 Å². The molecule has 5 heteroatoms. The van der Waals surface area contributed by atoms with Gasteiger partial charge in [0, 0.05) is 18.8 Å². The molecular weight excluding hydrogens is 261 g/mol. The van der Waals surface area contributed by atoms with Crippen molar-refractivity contribution in [1.82, 2.24) is 0 Å². The minimum absolute atomic E-state index is 0.0820. The van der Waals surface area contributed by atoms with Gasteiger partial charge in [-0.1, -0.05) is 18.8 Å². The summed E-state index contributed by atoms with van der Waals surface area (Å²) >= 11 is 0. The van der Waals surface area contributed by atoms with Crippen molar-refractivity contribution in [3.63, 3.8) is 0 Å². The van der Waals surface area contributed by atoms with Crippen LogP contribution in [0.3, 0.4) is 0 Å². The summed E-state index contributed by atoms with van der Waals surface area (Å²) in [6.07, 6.45) is 0.417. The number of carbonyl (C=O) groups excluding carboxylic acids is 2. The van der Waals surface area contributed by atoms with Crippen LogP contribution in [0, 0.1) is 23.6 Å². The van der Waals surface area contributed by atoms with Crippen LogP contribution in [0.25, 0.3) is 0 Å². The number of hydrogen-bond acceptors (Lipinski definition) is 3. The molecule has 2 amide bonds. The maximum atomic E-state index is 13.9. The van der Waals surface area contributed by atoms with Gasteiger partial charge in [0.2, 0.25) is 11.8 Å². The van der Waals surface area contributed by atoms with Crippen LogP contribution >= 0.6 is 0 Å². The Hall–Kier alpha value is -2.19. The first kappa shape index (κ1) is 14.2. The molecule has 4 nitrogen and oxygen atoms in total. The average Bonchev–Trinajstić information content (AvgIpc) is 2.65. The number of aliphatic hydroxyl groups excluding tert-OH is 1. The molecular formula is C15H14FNO3. The third kappa shape index (κ3) is 2.70. The molecule has 1 heterocycles. The van der Waals surface area contributed by atoms with Crippen molar-refractivity contribution in [2.45, 2.75) is 19.8 Å². The van der Waals surface area contributed by atoms with Crippen LogP contribution in [0.15, 0.2) is 18.2 Å². The molecule has 1 aliphatic rings. The number of rotatable bonds is 2. The summed E-state index contributed by atoms with van der Waals surface area (Å²) in [5, 5.41) is 8.61. The molecule has 1 fully saturated rings. The van der Waals surface area contributed by atoms with Crippen molar-refractivity contribution in [1.29, 1.82) is 0 Å². The molecule has 104 valence electrons. The zero-order chi connectivity index (χ0) is 14.7. The molecule has 0 saturated carbocycles. The predicted octanol–water partition coefficient (Wildman–Crippen LogP) is 1.46. The molecule has 1 N–H and O–H groups in total. The summed E-state index contributed by atoms with van der Waals surface area (Å²) < 4.78 is 13.9. The second kappa shape index (κ2) is 5.85. The minimum Gasteiger partial charge on any atom is -0.395 e. The molecule has 1 unspecified atom stereocenters. The van der Waals surface area contributed by atoms with Gasteiger partial charge in [0.15, 0.2) is 0 Å². The van der Waals surface area contributed by atoms with E-state index >= 15 is 0 Å². The Bertz CT molecular complexity index is 615. The highest BCUT2D eigenvalue weighted by Crippen LogP contribution is 2.27. The van der Waals surface area contributed by atoms with E-state index in [2.05, 4.69) is 11.8 Å². The molecule has 1 saturated heterocycles. The topological polar surface area (TPSA) is 57.6 Å². The fraction of sp³-hybridized carbons (Fsp3) is 0.333. The van der Waals surface area contributed by atoms with Crippen molar-refractivity contribution < 1.29 is 19.1 Å². The summed E-state index contributed by atoms with van der Waals surface area (Å²) in [6, 6.07) is 4.06. The van der Waals surface area contributed by atoms with Gasteiger partial charge in [-0.05, 0) is 18.2 Å². The van der Waals surface area contributed by atoms with E-state index in [9.17, 15) is 14.0 Å². The molecule has 2 rings (SSSR count). The normalized spacial score (nSPS) is 18.1. The van der Waals surface area contributed by atoms with Crippen molar-refractivity contribution in [2.24, 2.45) is 5.92 Å². The Kier molecular flexibility index (Phi) is 4.16. The molecule has 0 aromatic heterocycles. The number of halogens is 1. The highest BCUT2D eigenvalue weighted by atomic mass is 19.1. The third-order valence-corrected chi connectivity index (χ3v) is 3.04. The molecule has 1 aromatic carbocycles. The highest BCUT2D eigenvalue weighted by molar-refractivity contribution is 6.20. The van der Waals surface area contributed by atoms with Gasteiger partial charge in [-0.3, -0.25) is 14.5 Å². The summed E-state index contributed by atoms with van der Waals surface area (Å²) in [6.45, 7) is 1.59. The van der Waals surface area contributed by atoms with E-state index in [4.69, 9.17) is 5.11 Å². The Morgan fingerprint density at radius 3 is 2.75 bits per heavy atom. The number of anilines is 1. The Labute approximate surface area is 116 Å². The number of imide groups is 1. The summed E-state index contributed by atoms with van der Waals surface area (Å²) in [5.74, 6) is 3.62. The molecule has 1 aliphatic heterocycles. The van der Waals surface area contributed by atoms with Gasteiger partial charge in [-0.25, -0.2) is 4.39 Å². The molecule has 0 radical (unpaired) electrons. The largest absolute Gasteiger partial charge is 0.395 e. The summed E-state index contributed by atoms with van der Waals surface area (Å²) in [5.41, 5.74) is 0.406. The van der Waals surface area contributed by atoms with Crippen LogP contribution in [0.1, 0.15) is 25.3 Å². The number of hydrogen-bond donors (Lipinski definition) is 1. The number of benzene rings is 1. The van der Waals surface area contributed by atoms with E-state index in [1.165, 1.54) is 12.1 Å². The van der Waals surface area contributed by atoms with Gasteiger partial charge in [-0.15, -0.1) is 0 Å². The second-order valence-electron chi connectivity index (χ2n) is 4.61. The highest BCUT2D eigenvalue weighted by Gasteiger charge is 2.36. The van der Waals surface area contributed by atoms with Crippen molar-refractivity contribution >= 4 is 17.5 Å². The second-order valence-corrected chi connectivity index (χ2v) is 4.61. The Morgan fingerprint density at radius 2 is 2.20 bits per heavy atom. The van der Waals surface area contributed by atoms with E-state index in [1.54, 1.807) is 6.92 Å². The Morgan fingerprint density at radius 1 is 1.45 bits per heavy atom. The van der Waals surface area contributed by atoms with E-state index in [-0.39, 0.29) is 48.4 Å². The van der Waals surface area contributed by atoms with Crippen LogP contribution in [0.2, 0.25) is 0 Å². The fourth-order valence-electron chi connectivity index (χ4n) is 2.01.